The van der Waals surface area contributed by atoms with Crippen LogP contribution < -0.4 is 5.73 Å². The molecule has 0 amide bonds. The average molecular weight is 213 g/mol. The van der Waals surface area contributed by atoms with Crippen LogP contribution in [0.1, 0.15) is 31.7 Å². The summed E-state index contributed by atoms with van der Waals surface area (Å²) in [4.78, 5) is 0. The Bertz CT molecular complexity index is 400. The highest BCUT2D eigenvalue weighted by Gasteiger charge is 2.27. The highest BCUT2D eigenvalue weighted by atomic mass is 14.5. The van der Waals surface area contributed by atoms with Crippen molar-refractivity contribution in [2.24, 2.45) is 0 Å². The summed E-state index contributed by atoms with van der Waals surface area (Å²) in [6.45, 7) is 2.24. The van der Waals surface area contributed by atoms with Crippen molar-refractivity contribution in [3.63, 3.8) is 0 Å². The van der Waals surface area contributed by atoms with Gasteiger partial charge in [-0.1, -0.05) is 49.8 Å². The first-order valence-electron chi connectivity index (χ1n) is 5.97. The van der Waals surface area contributed by atoms with Crippen LogP contribution in [0, 0.1) is 0 Å². The maximum Gasteiger partial charge on any atom is 0.0314 e. The van der Waals surface area contributed by atoms with E-state index in [-0.39, 0.29) is 5.41 Å². The van der Waals surface area contributed by atoms with Crippen LogP contribution in [0.4, 0.5) is 5.69 Å². The predicted molar refractivity (Wildman–Crippen MR) is 70.3 cm³/mol. The molecule has 84 valence electrons. The number of benzene rings is 1. The summed E-state index contributed by atoms with van der Waals surface area (Å²) in [6.07, 6.45) is 12.4. The van der Waals surface area contributed by atoms with E-state index in [1.807, 2.05) is 12.1 Å². The maximum atomic E-state index is 5.74. The van der Waals surface area contributed by atoms with Gasteiger partial charge in [0.05, 0.1) is 0 Å². The highest BCUT2D eigenvalue weighted by molar-refractivity contribution is 5.44. The van der Waals surface area contributed by atoms with Gasteiger partial charge in [0.15, 0.2) is 0 Å². The summed E-state index contributed by atoms with van der Waals surface area (Å²) in [5.74, 6) is 0. The van der Waals surface area contributed by atoms with E-state index in [9.17, 15) is 0 Å². The fraction of sp³-hybridized carbons (Fsp3) is 0.333. The molecule has 2 rings (SSSR count). The molecule has 1 unspecified atom stereocenters. The Morgan fingerprint density at radius 3 is 2.50 bits per heavy atom. The van der Waals surface area contributed by atoms with Gasteiger partial charge in [0, 0.05) is 11.1 Å². The fourth-order valence-electron chi connectivity index (χ4n) is 2.47. The molecule has 1 aromatic rings. The first-order chi connectivity index (χ1) is 7.77. The summed E-state index contributed by atoms with van der Waals surface area (Å²) < 4.78 is 0. The van der Waals surface area contributed by atoms with E-state index in [0.717, 1.165) is 12.1 Å². The molecule has 1 nitrogen and oxygen atoms in total. The van der Waals surface area contributed by atoms with E-state index in [0.29, 0.717) is 0 Å². The zero-order chi connectivity index (χ0) is 11.4. The Balaban J connectivity index is 2.35. The van der Waals surface area contributed by atoms with Gasteiger partial charge < -0.3 is 5.73 Å². The van der Waals surface area contributed by atoms with Crippen LogP contribution in [0.3, 0.4) is 0 Å². The molecule has 1 heteroatoms. The number of allylic oxidation sites excluding steroid dienone is 4. The predicted octanol–water partition coefficient (Wildman–Crippen LogP) is 3.82. The van der Waals surface area contributed by atoms with Gasteiger partial charge in [-0.25, -0.2) is 0 Å². The van der Waals surface area contributed by atoms with E-state index >= 15 is 0 Å². The standard InChI is InChI=1S/C15H19N/c1-2-10-15(11-4-3-5-12-15)13-6-8-14(16)9-7-13/h3-9,11H,2,10,12,16H2,1H3. The molecule has 0 aliphatic heterocycles. The number of hydrogen-bond acceptors (Lipinski definition) is 1. The number of nitrogens with two attached hydrogens (primary N) is 1. The summed E-state index contributed by atoms with van der Waals surface area (Å²) >= 11 is 0. The van der Waals surface area contributed by atoms with Gasteiger partial charge in [0.25, 0.3) is 0 Å². The minimum atomic E-state index is 0.192. The monoisotopic (exact) mass is 213 g/mol. The summed E-state index contributed by atoms with van der Waals surface area (Å²) in [5, 5.41) is 0. The third-order valence-corrected chi connectivity index (χ3v) is 3.33. The van der Waals surface area contributed by atoms with E-state index in [4.69, 9.17) is 5.73 Å². The number of hydrogen-bond donors (Lipinski definition) is 1. The normalized spacial score (nSPS) is 23.6. The molecule has 0 radical (unpaired) electrons. The Labute approximate surface area is 97.7 Å². The molecule has 1 aliphatic rings. The molecule has 2 N–H and O–H groups in total. The average Bonchev–Trinajstić information content (AvgIpc) is 2.31. The third-order valence-electron chi connectivity index (χ3n) is 3.33. The van der Waals surface area contributed by atoms with Crippen molar-refractivity contribution in [2.75, 3.05) is 5.73 Å². The van der Waals surface area contributed by atoms with Crippen molar-refractivity contribution < 1.29 is 0 Å². The first kappa shape index (κ1) is 11.0. The van der Waals surface area contributed by atoms with E-state index in [1.165, 1.54) is 18.4 Å². The van der Waals surface area contributed by atoms with Gasteiger partial charge in [-0.05, 0) is 30.5 Å². The minimum absolute atomic E-state index is 0.192. The van der Waals surface area contributed by atoms with Gasteiger partial charge in [-0.2, -0.15) is 0 Å². The molecule has 0 aromatic heterocycles. The quantitative estimate of drug-likeness (QED) is 0.759. The third kappa shape index (κ3) is 2.04. The maximum absolute atomic E-state index is 5.74. The lowest BCUT2D eigenvalue weighted by Gasteiger charge is -2.31. The Morgan fingerprint density at radius 2 is 1.94 bits per heavy atom. The van der Waals surface area contributed by atoms with Crippen molar-refractivity contribution in [2.45, 2.75) is 31.6 Å². The molecular weight excluding hydrogens is 194 g/mol. The molecule has 0 saturated carbocycles. The van der Waals surface area contributed by atoms with Crippen LogP contribution in [0.2, 0.25) is 0 Å². The molecular formula is C15H19N. The SMILES string of the molecule is CCCC1(c2ccc(N)cc2)C=CC=CC1. The van der Waals surface area contributed by atoms with Gasteiger partial charge in [-0.15, -0.1) is 0 Å². The lowest BCUT2D eigenvalue weighted by Crippen LogP contribution is -2.23. The van der Waals surface area contributed by atoms with Gasteiger partial charge in [-0.3, -0.25) is 0 Å². The van der Waals surface area contributed by atoms with Gasteiger partial charge in [0.2, 0.25) is 0 Å². The Morgan fingerprint density at radius 1 is 1.19 bits per heavy atom. The Kier molecular flexibility index (Phi) is 3.14. The summed E-state index contributed by atoms with van der Waals surface area (Å²) in [6, 6.07) is 8.32. The second-order valence-corrected chi connectivity index (χ2v) is 4.52. The zero-order valence-corrected chi connectivity index (χ0v) is 9.82. The van der Waals surface area contributed by atoms with Crippen molar-refractivity contribution >= 4 is 5.69 Å². The largest absolute Gasteiger partial charge is 0.399 e. The number of anilines is 1. The summed E-state index contributed by atoms with van der Waals surface area (Å²) in [5.41, 5.74) is 8.15. The van der Waals surface area contributed by atoms with Crippen LogP contribution in [0.5, 0.6) is 0 Å². The van der Waals surface area contributed by atoms with Gasteiger partial charge in [0.1, 0.15) is 0 Å². The van der Waals surface area contributed by atoms with Crippen molar-refractivity contribution in [1.29, 1.82) is 0 Å². The first-order valence-corrected chi connectivity index (χ1v) is 5.97. The smallest absolute Gasteiger partial charge is 0.0314 e. The molecule has 1 atom stereocenters. The molecule has 0 spiro atoms. The number of nitrogen functional groups attached to an aromatic ring is 1. The van der Waals surface area contributed by atoms with E-state index in [1.54, 1.807) is 0 Å². The summed E-state index contributed by atoms with van der Waals surface area (Å²) in [7, 11) is 0. The van der Waals surface area contributed by atoms with Crippen LogP contribution in [-0.4, -0.2) is 0 Å². The van der Waals surface area contributed by atoms with Crippen LogP contribution in [0.25, 0.3) is 0 Å². The highest BCUT2D eigenvalue weighted by Crippen LogP contribution is 2.37. The van der Waals surface area contributed by atoms with Crippen molar-refractivity contribution in [1.82, 2.24) is 0 Å². The molecule has 1 aromatic carbocycles. The molecule has 0 fully saturated rings. The minimum Gasteiger partial charge on any atom is -0.399 e. The second kappa shape index (κ2) is 4.56. The van der Waals surface area contributed by atoms with Crippen LogP contribution in [-0.2, 0) is 5.41 Å². The lowest BCUT2D eigenvalue weighted by molar-refractivity contribution is 0.485. The van der Waals surface area contributed by atoms with Crippen LogP contribution >= 0.6 is 0 Å². The van der Waals surface area contributed by atoms with Crippen molar-refractivity contribution in [3.05, 3.63) is 54.1 Å². The molecule has 0 bridgehead atoms. The molecule has 1 aliphatic carbocycles. The molecule has 0 heterocycles. The lowest BCUT2D eigenvalue weighted by atomic mass is 9.72. The molecule has 0 saturated heterocycles. The van der Waals surface area contributed by atoms with Crippen molar-refractivity contribution in [3.8, 4) is 0 Å². The van der Waals surface area contributed by atoms with Crippen LogP contribution in [0.15, 0.2) is 48.6 Å². The molecule has 16 heavy (non-hydrogen) atoms. The second-order valence-electron chi connectivity index (χ2n) is 4.52. The number of rotatable bonds is 3. The van der Waals surface area contributed by atoms with E-state index < -0.39 is 0 Å². The Hall–Kier alpha value is -1.50. The fourth-order valence-corrected chi connectivity index (χ4v) is 2.47. The topological polar surface area (TPSA) is 26.0 Å². The van der Waals surface area contributed by atoms with Gasteiger partial charge >= 0.3 is 0 Å². The van der Waals surface area contributed by atoms with E-state index in [2.05, 4.69) is 43.4 Å². The zero-order valence-electron chi connectivity index (χ0n) is 9.82.